The SMILES string of the molecule is CCC1CCCC(NC2CCOC2C)CC1. The molecule has 2 heteroatoms. The van der Waals surface area contributed by atoms with E-state index in [0.717, 1.165) is 18.6 Å². The van der Waals surface area contributed by atoms with E-state index in [9.17, 15) is 0 Å². The Morgan fingerprint density at radius 3 is 2.69 bits per heavy atom. The zero-order chi connectivity index (χ0) is 11.4. The van der Waals surface area contributed by atoms with E-state index in [4.69, 9.17) is 4.74 Å². The fourth-order valence-electron chi connectivity index (χ4n) is 3.21. The maximum Gasteiger partial charge on any atom is 0.0700 e. The van der Waals surface area contributed by atoms with Crippen molar-refractivity contribution in [3.8, 4) is 0 Å². The standard InChI is InChI=1S/C14H27NO/c1-3-12-5-4-6-13(8-7-12)15-14-9-10-16-11(14)2/h11-15H,3-10H2,1-2H3. The molecule has 0 aromatic heterocycles. The van der Waals surface area contributed by atoms with Gasteiger partial charge in [0.1, 0.15) is 0 Å². The molecule has 0 bridgehead atoms. The Morgan fingerprint density at radius 1 is 1.12 bits per heavy atom. The molecule has 1 aliphatic heterocycles. The lowest BCUT2D eigenvalue weighted by Crippen LogP contribution is -2.41. The van der Waals surface area contributed by atoms with Crippen LogP contribution in [0.2, 0.25) is 0 Å². The van der Waals surface area contributed by atoms with Crippen LogP contribution in [0.3, 0.4) is 0 Å². The summed E-state index contributed by atoms with van der Waals surface area (Å²) in [6, 6.07) is 1.37. The van der Waals surface area contributed by atoms with Crippen LogP contribution in [0.1, 0.15) is 58.8 Å². The summed E-state index contributed by atoms with van der Waals surface area (Å²) in [5, 5.41) is 3.83. The van der Waals surface area contributed by atoms with E-state index in [2.05, 4.69) is 19.2 Å². The molecule has 0 aromatic rings. The van der Waals surface area contributed by atoms with Gasteiger partial charge in [-0.15, -0.1) is 0 Å². The van der Waals surface area contributed by atoms with Gasteiger partial charge in [0.15, 0.2) is 0 Å². The summed E-state index contributed by atoms with van der Waals surface area (Å²) in [4.78, 5) is 0. The number of hydrogen-bond donors (Lipinski definition) is 1. The molecule has 0 aromatic carbocycles. The van der Waals surface area contributed by atoms with Crippen LogP contribution in [0, 0.1) is 5.92 Å². The molecule has 1 aliphatic carbocycles. The highest BCUT2D eigenvalue weighted by Crippen LogP contribution is 2.26. The first-order chi connectivity index (χ1) is 7.79. The number of rotatable bonds is 3. The lowest BCUT2D eigenvalue weighted by Gasteiger charge is -2.23. The Morgan fingerprint density at radius 2 is 2.00 bits per heavy atom. The van der Waals surface area contributed by atoms with Gasteiger partial charge < -0.3 is 10.1 Å². The Bertz CT molecular complexity index is 207. The Labute approximate surface area is 100 Å². The summed E-state index contributed by atoms with van der Waals surface area (Å²) in [5.41, 5.74) is 0. The molecule has 4 unspecified atom stereocenters. The molecule has 16 heavy (non-hydrogen) atoms. The van der Waals surface area contributed by atoms with E-state index in [1.165, 1.54) is 44.9 Å². The van der Waals surface area contributed by atoms with Gasteiger partial charge in [0.2, 0.25) is 0 Å². The van der Waals surface area contributed by atoms with Crippen LogP contribution in [0.25, 0.3) is 0 Å². The third-order valence-electron chi connectivity index (χ3n) is 4.49. The average Bonchev–Trinajstić information content (AvgIpc) is 2.56. The van der Waals surface area contributed by atoms with Crippen molar-refractivity contribution in [1.82, 2.24) is 5.32 Å². The van der Waals surface area contributed by atoms with Crippen LogP contribution in [-0.2, 0) is 4.74 Å². The summed E-state index contributed by atoms with van der Waals surface area (Å²) in [6.45, 7) is 5.49. The van der Waals surface area contributed by atoms with Gasteiger partial charge in [-0.25, -0.2) is 0 Å². The molecule has 1 N–H and O–H groups in total. The summed E-state index contributed by atoms with van der Waals surface area (Å²) < 4.78 is 5.62. The van der Waals surface area contributed by atoms with Crippen LogP contribution in [-0.4, -0.2) is 24.8 Å². The van der Waals surface area contributed by atoms with Crippen LogP contribution in [0.4, 0.5) is 0 Å². The van der Waals surface area contributed by atoms with Crippen molar-refractivity contribution in [3.63, 3.8) is 0 Å². The highest BCUT2D eigenvalue weighted by molar-refractivity contribution is 4.84. The van der Waals surface area contributed by atoms with Crippen molar-refractivity contribution in [1.29, 1.82) is 0 Å². The van der Waals surface area contributed by atoms with Gasteiger partial charge >= 0.3 is 0 Å². The van der Waals surface area contributed by atoms with Crippen molar-refractivity contribution in [2.75, 3.05) is 6.61 Å². The van der Waals surface area contributed by atoms with Crippen molar-refractivity contribution >= 4 is 0 Å². The van der Waals surface area contributed by atoms with Crippen LogP contribution < -0.4 is 5.32 Å². The fraction of sp³-hybridized carbons (Fsp3) is 1.00. The van der Waals surface area contributed by atoms with Crippen molar-refractivity contribution in [2.45, 2.75) is 77.0 Å². The van der Waals surface area contributed by atoms with Gasteiger partial charge in [0, 0.05) is 18.7 Å². The predicted molar refractivity (Wildman–Crippen MR) is 67.6 cm³/mol. The van der Waals surface area contributed by atoms with Gasteiger partial charge in [-0.2, -0.15) is 0 Å². The van der Waals surface area contributed by atoms with Crippen molar-refractivity contribution in [3.05, 3.63) is 0 Å². The van der Waals surface area contributed by atoms with Gasteiger partial charge in [-0.05, 0) is 38.5 Å². The summed E-state index contributed by atoms with van der Waals surface area (Å²) in [6.07, 6.45) is 10.0. The monoisotopic (exact) mass is 225 g/mol. The largest absolute Gasteiger partial charge is 0.377 e. The van der Waals surface area contributed by atoms with E-state index < -0.39 is 0 Å². The second-order valence-corrected chi connectivity index (χ2v) is 5.62. The molecule has 1 saturated carbocycles. The molecule has 4 atom stereocenters. The highest BCUT2D eigenvalue weighted by atomic mass is 16.5. The third-order valence-corrected chi connectivity index (χ3v) is 4.49. The van der Waals surface area contributed by atoms with Crippen LogP contribution in [0.15, 0.2) is 0 Å². The first kappa shape index (κ1) is 12.4. The average molecular weight is 225 g/mol. The second kappa shape index (κ2) is 6.02. The molecule has 2 aliphatic rings. The normalized spacial score (nSPS) is 40.9. The van der Waals surface area contributed by atoms with Gasteiger partial charge in [0.05, 0.1) is 6.10 Å². The summed E-state index contributed by atoms with van der Waals surface area (Å²) in [7, 11) is 0. The highest BCUT2D eigenvalue weighted by Gasteiger charge is 2.27. The Hall–Kier alpha value is -0.0800. The molecule has 0 spiro atoms. The smallest absolute Gasteiger partial charge is 0.0700 e. The van der Waals surface area contributed by atoms with Crippen molar-refractivity contribution in [2.24, 2.45) is 5.92 Å². The zero-order valence-corrected chi connectivity index (χ0v) is 10.9. The molecule has 0 amide bonds. The van der Waals surface area contributed by atoms with E-state index in [1.807, 2.05) is 0 Å². The Kier molecular flexibility index (Phi) is 4.66. The molecule has 94 valence electrons. The van der Waals surface area contributed by atoms with E-state index in [0.29, 0.717) is 12.1 Å². The second-order valence-electron chi connectivity index (χ2n) is 5.62. The topological polar surface area (TPSA) is 21.3 Å². The molecule has 1 saturated heterocycles. The molecular formula is C14H27NO. The molecular weight excluding hydrogens is 198 g/mol. The minimum absolute atomic E-state index is 0.422. The van der Waals surface area contributed by atoms with E-state index >= 15 is 0 Å². The van der Waals surface area contributed by atoms with Gasteiger partial charge in [-0.3, -0.25) is 0 Å². The summed E-state index contributed by atoms with van der Waals surface area (Å²) >= 11 is 0. The van der Waals surface area contributed by atoms with E-state index in [1.54, 1.807) is 0 Å². The number of ether oxygens (including phenoxy) is 1. The summed E-state index contributed by atoms with van der Waals surface area (Å²) in [5.74, 6) is 0.990. The third kappa shape index (κ3) is 3.21. The minimum atomic E-state index is 0.422. The molecule has 1 heterocycles. The number of nitrogens with one attached hydrogen (secondary N) is 1. The quantitative estimate of drug-likeness (QED) is 0.745. The van der Waals surface area contributed by atoms with E-state index in [-0.39, 0.29) is 0 Å². The number of hydrogen-bond acceptors (Lipinski definition) is 2. The maximum absolute atomic E-state index is 5.62. The molecule has 2 rings (SSSR count). The van der Waals surface area contributed by atoms with Crippen molar-refractivity contribution < 1.29 is 4.74 Å². The molecule has 0 radical (unpaired) electrons. The molecule has 2 nitrogen and oxygen atoms in total. The lowest BCUT2D eigenvalue weighted by atomic mass is 9.97. The lowest BCUT2D eigenvalue weighted by molar-refractivity contribution is 0.110. The predicted octanol–water partition coefficient (Wildman–Crippen LogP) is 3.11. The molecule has 2 fully saturated rings. The Balaban J connectivity index is 1.77. The fourth-order valence-corrected chi connectivity index (χ4v) is 3.21. The van der Waals surface area contributed by atoms with Gasteiger partial charge in [-0.1, -0.05) is 26.2 Å². The van der Waals surface area contributed by atoms with Crippen LogP contribution >= 0.6 is 0 Å². The minimum Gasteiger partial charge on any atom is -0.377 e. The van der Waals surface area contributed by atoms with Crippen LogP contribution in [0.5, 0.6) is 0 Å². The van der Waals surface area contributed by atoms with Gasteiger partial charge in [0.25, 0.3) is 0 Å². The zero-order valence-electron chi connectivity index (χ0n) is 10.9. The maximum atomic E-state index is 5.62. The first-order valence-corrected chi connectivity index (χ1v) is 7.17. The first-order valence-electron chi connectivity index (χ1n) is 7.17.